The van der Waals surface area contributed by atoms with Gasteiger partial charge in [-0.3, -0.25) is 4.79 Å². The first-order valence-electron chi connectivity index (χ1n) is 12.3. The Morgan fingerprint density at radius 1 is 0.931 bits per heavy atom. The molecule has 5 rings (SSSR count). The Hall–Kier alpha value is -0.610. The zero-order chi connectivity index (χ0) is 20.7. The lowest BCUT2D eigenvalue weighted by atomic mass is 9.43. The fourth-order valence-corrected chi connectivity index (χ4v) is 9.48. The largest absolute Gasteiger partial charge is 0.481 e. The molecule has 0 saturated heterocycles. The van der Waals surface area contributed by atoms with Crippen LogP contribution in [0.1, 0.15) is 78.6 Å². The van der Waals surface area contributed by atoms with Crippen molar-refractivity contribution in [3.63, 3.8) is 0 Å². The molecule has 0 amide bonds. The van der Waals surface area contributed by atoms with Crippen molar-refractivity contribution in [2.45, 2.75) is 90.8 Å². The lowest BCUT2D eigenvalue weighted by Crippen LogP contribution is -2.58. The maximum absolute atomic E-state index is 11.4. The number of carboxylic acids is 1. The lowest BCUT2D eigenvalue weighted by molar-refractivity contribution is -0.174. The molecule has 164 valence electrons. The molecule has 0 bridgehead atoms. The molecule has 0 aromatic heterocycles. The van der Waals surface area contributed by atoms with Crippen molar-refractivity contribution >= 4 is 5.97 Å². The smallest absolute Gasteiger partial charge is 0.306 e. The summed E-state index contributed by atoms with van der Waals surface area (Å²) in [6.07, 6.45) is 9.08. The molecular weight excluding hydrogens is 364 g/mol. The van der Waals surface area contributed by atoms with Crippen LogP contribution in [0, 0.1) is 58.2 Å². The molecule has 0 spiro atoms. The highest BCUT2D eigenvalue weighted by Crippen LogP contribution is 2.69. The predicted octanol–water partition coefficient (Wildman–Crippen LogP) is 4.33. The Morgan fingerprint density at radius 3 is 2.31 bits per heavy atom. The molecule has 29 heavy (non-hydrogen) atoms. The van der Waals surface area contributed by atoms with E-state index in [0.29, 0.717) is 41.4 Å². The molecule has 0 aliphatic heterocycles. The Morgan fingerprint density at radius 2 is 1.62 bits per heavy atom. The minimum Gasteiger partial charge on any atom is -0.481 e. The van der Waals surface area contributed by atoms with Crippen LogP contribution in [-0.2, 0) is 4.79 Å². The van der Waals surface area contributed by atoms with Crippen molar-refractivity contribution in [3.05, 3.63) is 0 Å². The number of carbonyl (C=O) groups is 1. The third-order valence-electron chi connectivity index (χ3n) is 11.2. The average molecular weight is 405 g/mol. The van der Waals surface area contributed by atoms with Crippen LogP contribution < -0.4 is 0 Å². The maximum atomic E-state index is 11.4. The van der Waals surface area contributed by atoms with Crippen LogP contribution in [0.3, 0.4) is 0 Å². The first-order chi connectivity index (χ1) is 13.7. The number of fused-ring (bicyclic) bond motifs is 5. The maximum Gasteiger partial charge on any atom is 0.306 e. The van der Waals surface area contributed by atoms with Crippen molar-refractivity contribution in [1.29, 1.82) is 0 Å². The van der Waals surface area contributed by atoms with Gasteiger partial charge in [0.05, 0.1) is 18.1 Å². The van der Waals surface area contributed by atoms with Gasteiger partial charge < -0.3 is 15.3 Å². The summed E-state index contributed by atoms with van der Waals surface area (Å²) in [5.41, 5.74) is 0.531. The van der Waals surface area contributed by atoms with Gasteiger partial charge in [0.2, 0.25) is 0 Å². The van der Waals surface area contributed by atoms with Crippen molar-refractivity contribution in [1.82, 2.24) is 0 Å². The van der Waals surface area contributed by atoms with Crippen LogP contribution in [0.15, 0.2) is 0 Å². The average Bonchev–Trinajstić information content (AvgIpc) is 3.39. The fourth-order valence-electron chi connectivity index (χ4n) is 9.48. The van der Waals surface area contributed by atoms with Gasteiger partial charge in [0, 0.05) is 0 Å². The summed E-state index contributed by atoms with van der Waals surface area (Å²) < 4.78 is 0. The molecule has 0 aromatic rings. The second kappa shape index (κ2) is 6.69. The number of carboxylic acid groups (broad SMARTS) is 1. The fraction of sp³-hybridized carbons (Fsp3) is 0.960. The van der Waals surface area contributed by atoms with E-state index in [4.69, 9.17) is 0 Å². The number of hydrogen-bond acceptors (Lipinski definition) is 3. The van der Waals surface area contributed by atoms with Crippen molar-refractivity contribution in [3.8, 4) is 0 Å². The van der Waals surface area contributed by atoms with Gasteiger partial charge in [0.1, 0.15) is 0 Å². The van der Waals surface area contributed by atoms with E-state index in [-0.39, 0.29) is 29.0 Å². The number of hydrogen-bond donors (Lipinski definition) is 3. The van der Waals surface area contributed by atoms with Gasteiger partial charge in [-0.15, -0.1) is 0 Å². The number of aliphatic hydroxyl groups excluding tert-OH is 2. The van der Waals surface area contributed by atoms with Gasteiger partial charge in [-0.05, 0) is 110 Å². The second-order valence-electron chi connectivity index (χ2n) is 12.2. The summed E-state index contributed by atoms with van der Waals surface area (Å²) in [6, 6.07) is 0. The zero-order valence-corrected chi connectivity index (χ0v) is 18.4. The molecule has 12 atom stereocenters. The second-order valence-corrected chi connectivity index (χ2v) is 12.2. The van der Waals surface area contributed by atoms with E-state index in [2.05, 4.69) is 20.8 Å². The summed E-state index contributed by atoms with van der Waals surface area (Å²) in [5.74, 6) is 2.76. The lowest BCUT2D eigenvalue weighted by Gasteiger charge is -2.62. The molecule has 5 saturated carbocycles. The van der Waals surface area contributed by atoms with E-state index in [0.717, 1.165) is 32.1 Å². The Labute approximate surface area is 175 Å². The van der Waals surface area contributed by atoms with E-state index in [1.807, 2.05) is 0 Å². The summed E-state index contributed by atoms with van der Waals surface area (Å²) in [7, 11) is 0. The summed E-state index contributed by atoms with van der Waals surface area (Å²) in [5, 5.41) is 30.9. The number of aliphatic carboxylic acids is 1. The van der Waals surface area contributed by atoms with Crippen LogP contribution in [0.5, 0.6) is 0 Å². The Kier molecular flexibility index (Phi) is 4.68. The molecule has 5 aliphatic rings. The topological polar surface area (TPSA) is 77.8 Å². The molecule has 5 aliphatic carbocycles. The van der Waals surface area contributed by atoms with E-state index in [1.165, 1.54) is 25.7 Å². The van der Waals surface area contributed by atoms with Gasteiger partial charge in [-0.2, -0.15) is 0 Å². The molecule has 0 aromatic carbocycles. The quantitative estimate of drug-likeness (QED) is 0.654. The first-order valence-corrected chi connectivity index (χ1v) is 12.3. The third-order valence-corrected chi connectivity index (χ3v) is 11.2. The molecule has 4 heteroatoms. The summed E-state index contributed by atoms with van der Waals surface area (Å²) in [4.78, 5) is 11.4. The molecule has 5 fully saturated rings. The molecule has 3 N–H and O–H groups in total. The number of aliphatic hydroxyl groups is 2. The van der Waals surface area contributed by atoms with Gasteiger partial charge >= 0.3 is 5.97 Å². The van der Waals surface area contributed by atoms with Crippen molar-refractivity contribution in [2.75, 3.05) is 0 Å². The van der Waals surface area contributed by atoms with E-state index < -0.39 is 5.97 Å². The monoisotopic (exact) mass is 404 g/mol. The predicted molar refractivity (Wildman–Crippen MR) is 111 cm³/mol. The molecule has 4 nitrogen and oxygen atoms in total. The molecular formula is C25H40O4. The summed E-state index contributed by atoms with van der Waals surface area (Å²) in [6.45, 7) is 7.26. The highest BCUT2D eigenvalue weighted by molar-refractivity contribution is 5.73. The standard InChI is InChI=1S/C25H40O4/c1-13(16-12-17(16)23(28)29)18-4-5-19-22-20(7-9-25(18,19)3)24(2)8-6-15(26)10-14(24)11-21(22)27/h13-22,26-27H,4-12H2,1-3H3,(H,28,29)/t13-,14?,15-,16+,17-,18?,19+,20+,21-,22+,24+,25-/m1/s1. The van der Waals surface area contributed by atoms with Crippen LogP contribution >= 0.6 is 0 Å². The molecule has 0 radical (unpaired) electrons. The van der Waals surface area contributed by atoms with Crippen LogP contribution in [-0.4, -0.2) is 33.5 Å². The Bertz CT molecular complexity index is 678. The van der Waals surface area contributed by atoms with E-state index in [9.17, 15) is 20.1 Å². The highest BCUT2D eigenvalue weighted by Gasteiger charge is 2.64. The zero-order valence-electron chi connectivity index (χ0n) is 18.4. The first kappa shape index (κ1) is 20.3. The van der Waals surface area contributed by atoms with Crippen LogP contribution in [0.4, 0.5) is 0 Å². The van der Waals surface area contributed by atoms with Gasteiger partial charge in [-0.1, -0.05) is 20.8 Å². The normalized spacial score (nSPS) is 57.3. The minimum absolute atomic E-state index is 0.113. The van der Waals surface area contributed by atoms with E-state index >= 15 is 0 Å². The third kappa shape index (κ3) is 2.87. The highest BCUT2D eigenvalue weighted by atomic mass is 16.4. The minimum atomic E-state index is -0.605. The van der Waals surface area contributed by atoms with Crippen molar-refractivity contribution < 1.29 is 20.1 Å². The number of rotatable bonds is 3. The van der Waals surface area contributed by atoms with Gasteiger partial charge in [0.25, 0.3) is 0 Å². The van der Waals surface area contributed by atoms with Gasteiger partial charge in [-0.25, -0.2) is 0 Å². The SMILES string of the molecule is C[C@@H](C1CC[C@H]2[C@@H]3[C@H](O)CC4C[C@H](O)CC[C@]4(C)[C@H]3CC[C@]12C)[C@@H]1C[C@H]1C(=O)O. The molecule has 2 unspecified atom stereocenters. The summed E-state index contributed by atoms with van der Waals surface area (Å²) >= 11 is 0. The van der Waals surface area contributed by atoms with E-state index in [1.54, 1.807) is 0 Å². The Balaban J connectivity index is 1.39. The van der Waals surface area contributed by atoms with Crippen molar-refractivity contribution in [2.24, 2.45) is 58.2 Å². The molecule has 0 heterocycles. The van der Waals surface area contributed by atoms with Crippen LogP contribution in [0.25, 0.3) is 0 Å². The van der Waals surface area contributed by atoms with Gasteiger partial charge in [0.15, 0.2) is 0 Å². The van der Waals surface area contributed by atoms with Crippen LogP contribution in [0.2, 0.25) is 0 Å².